The molecule has 0 amide bonds. The zero-order chi connectivity index (χ0) is 14.1. The van der Waals surface area contributed by atoms with Gasteiger partial charge in [0.2, 0.25) is 0 Å². The SMILES string of the molecule is CC1CC2CC1(C)c1c2n(C)n(-c2ccccc2)c1=O. The summed E-state index contributed by atoms with van der Waals surface area (Å²) in [6.45, 7) is 4.57. The standard InChI is InChI=1S/C17H20N2O/c1-11-9-12-10-17(11,2)14-15(12)18(3)19(16(14)20)13-7-5-4-6-8-13/h4-8,11-12H,9-10H2,1-3H3. The van der Waals surface area contributed by atoms with Crippen molar-refractivity contribution in [2.24, 2.45) is 13.0 Å². The summed E-state index contributed by atoms with van der Waals surface area (Å²) in [4.78, 5) is 13.0. The molecule has 1 aromatic heterocycles. The molecule has 2 aromatic rings. The highest BCUT2D eigenvalue weighted by atomic mass is 16.1. The first-order chi connectivity index (χ1) is 9.54. The van der Waals surface area contributed by atoms with Crippen LogP contribution in [0.4, 0.5) is 0 Å². The molecule has 3 nitrogen and oxygen atoms in total. The van der Waals surface area contributed by atoms with E-state index in [1.54, 1.807) is 0 Å². The molecule has 0 aliphatic heterocycles. The van der Waals surface area contributed by atoms with E-state index in [2.05, 4.69) is 18.5 Å². The zero-order valence-electron chi connectivity index (χ0n) is 12.3. The van der Waals surface area contributed by atoms with Crippen molar-refractivity contribution in [1.29, 1.82) is 0 Å². The molecule has 3 atom stereocenters. The highest BCUT2D eigenvalue weighted by Gasteiger charge is 2.54. The first-order valence-electron chi connectivity index (χ1n) is 7.42. The van der Waals surface area contributed by atoms with Crippen molar-refractivity contribution in [3.8, 4) is 5.69 Å². The zero-order valence-corrected chi connectivity index (χ0v) is 12.3. The van der Waals surface area contributed by atoms with Crippen molar-refractivity contribution in [3.63, 3.8) is 0 Å². The van der Waals surface area contributed by atoms with E-state index in [4.69, 9.17) is 0 Å². The Morgan fingerprint density at radius 1 is 1.25 bits per heavy atom. The van der Waals surface area contributed by atoms with Crippen LogP contribution in [-0.4, -0.2) is 9.36 Å². The Morgan fingerprint density at radius 3 is 2.65 bits per heavy atom. The quantitative estimate of drug-likeness (QED) is 0.781. The van der Waals surface area contributed by atoms with Gasteiger partial charge in [0.1, 0.15) is 0 Å². The molecule has 0 saturated heterocycles. The number of benzene rings is 1. The molecule has 3 heteroatoms. The molecule has 1 saturated carbocycles. The fourth-order valence-corrected chi connectivity index (χ4v) is 4.53. The van der Waals surface area contributed by atoms with E-state index in [0.29, 0.717) is 11.8 Å². The normalized spacial score (nSPS) is 30.8. The van der Waals surface area contributed by atoms with E-state index in [9.17, 15) is 4.79 Å². The lowest BCUT2D eigenvalue weighted by Gasteiger charge is -2.27. The summed E-state index contributed by atoms with van der Waals surface area (Å²) in [5, 5.41) is 0. The van der Waals surface area contributed by atoms with Crippen molar-refractivity contribution < 1.29 is 0 Å². The van der Waals surface area contributed by atoms with Crippen LogP contribution in [0.5, 0.6) is 0 Å². The van der Waals surface area contributed by atoms with Gasteiger partial charge in [0.15, 0.2) is 0 Å². The summed E-state index contributed by atoms with van der Waals surface area (Å²) in [5.74, 6) is 1.17. The molecule has 0 spiro atoms. The average molecular weight is 268 g/mol. The smallest absolute Gasteiger partial charge is 0.275 e. The van der Waals surface area contributed by atoms with Crippen LogP contribution in [-0.2, 0) is 12.5 Å². The van der Waals surface area contributed by atoms with E-state index in [-0.39, 0.29) is 11.0 Å². The molecule has 104 valence electrons. The van der Waals surface area contributed by atoms with Crippen LogP contribution in [0, 0.1) is 5.92 Å². The van der Waals surface area contributed by atoms with Gasteiger partial charge < -0.3 is 0 Å². The summed E-state index contributed by atoms with van der Waals surface area (Å²) in [7, 11) is 2.03. The average Bonchev–Trinajstić information content (AvgIpc) is 2.98. The van der Waals surface area contributed by atoms with Gasteiger partial charge in [0.05, 0.1) is 5.69 Å². The van der Waals surface area contributed by atoms with Gasteiger partial charge in [-0.15, -0.1) is 0 Å². The Morgan fingerprint density at radius 2 is 1.95 bits per heavy atom. The Bertz CT molecular complexity index is 740. The Hall–Kier alpha value is -1.77. The molecular formula is C17H20N2O. The second kappa shape index (κ2) is 3.66. The molecule has 0 radical (unpaired) electrons. The number of hydrogen-bond acceptors (Lipinski definition) is 1. The van der Waals surface area contributed by atoms with Gasteiger partial charge in [-0.2, -0.15) is 0 Å². The number of para-hydroxylation sites is 1. The summed E-state index contributed by atoms with van der Waals surface area (Å²) >= 11 is 0. The van der Waals surface area contributed by atoms with Crippen molar-refractivity contribution in [3.05, 3.63) is 51.9 Å². The largest absolute Gasteiger partial charge is 0.284 e. The summed E-state index contributed by atoms with van der Waals surface area (Å²) in [6, 6.07) is 9.96. The van der Waals surface area contributed by atoms with Crippen LogP contribution in [0.25, 0.3) is 5.69 Å². The fraction of sp³-hybridized carbons (Fsp3) is 0.471. The molecule has 2 aliphatic rings. The molecule has 3 unspecified atom stereocenters. The van der Waals surface area contributed by atoms with Crippen molar-refractivity contribution in [2.75, 3.05) is 0 Å². The molecule has 20 heavy (non-hydrogen) atoms. The van der Waals surface area contributed by atoms with Gasteiger partial charge in [0.25, 0.3) is 5.56 Å². The van der Waals surface area contributed by atoms with Crippen LogP contribution >= 0.6 is 0 Å². The third-order valence-corrected chi connectivity index (χ3v) is 5.67. The van der Waals surface area contributed by atoms with Gasteiger partial charge >= 0.3 is 0 Å². The van der Waals surface area contributed by atoms with Crippen LogP contribution < -0.4 is 5.56 Å². The second-order valence-electron chi connectivity index (χ2n) is 6.69. The maximum Gasteiger partial charge on any atom is 0.275 e. The monoisotopic (exact) mass is 268 g/mol. The maximum absolute atomic E-state index is 13.0. The lowest BCUT2D eigenvalue weighted by molar-refractivity contribution is 0.368. The van der Waals surface area contributed by atoms with Crippen molar-refractivity contribution >= 4 is 0 Å². The number of nitrogens with zero attached hydrogens (tertiary/aromatic N) is 2. The lowest BCUT2D eigenvalue weighted by atomic mass is 9.76. The minimum atomic E-state index is 0.0782. The second-order valence-corrected chi connectivity index (χ2v) is 6.69. The molecule has 2 aliphatic carbocycles. The Balaban J connectivity index is 2.02. The van der Waals surface area contributed by atoms with E-state index in [1.807, 2.05) is 42.1 Å². The minimum Gasteiger partial charge on any atom is -0.284 e. The van der Waals surface area contributed by atoms with Gasteiger partial charge in [-0.1, -0.05) is 32.0 Å². The molecule has 1 aromatic carbocycles. The van der Waals surface area contributed by atoms with Crippen LogP contribution in [0.1, 0.15) is 43.9 Å². The molecule has 1 fully saturated rings. The highest BCUT2D eigenvalue weighted by Crippen LogP contribution is 2.58. The Kier molecular flexibility index (Phi) is 2.20. The first kappa shape index (κ1) is 12.0. The topological polar surface area (TPSA) is 26.9 Å². The van der Waals surface area contributed by atoms with Gasteiger partial charge in [-0.3, -0.25) is 9.48 Å². The van der Waals surface area contributed by atoms with Crippen LogP contribution in [0.2, 0.25) is 0 Å². The van der Waals surface area contributed by atoms with Crippen LogP contribution in [0.3, 0.4) is 0 Å². The number of hydrogen-bond donors (Lipinski definition) is 0. The minimum absolute atomic E-state index is 0.0782. The van der Waals surface area contributed by atoms with E-state index in [0.717, 1.165) is 17.7 Å². The summed E-state index contributed by atoms with van der Waals surface area (Å²) in [5.41, 5.74) is 3.58. The first-order valence-corrected chi connectivity index (χ1v) is 7.42. The van der Waals surface area contributed by atoms with E-state index >= 15 is 0 Å². The molecule has 1 heterocycles. The number of rotatable bonds is 1. The number of aromatic nitrogens is 2. The van der Waals surface area contributed by atoms with Crippen LogP contribution in [0.15, 0.2) is 35.1 Å². The lowest BCUT2D eigenvalue weighted by Crippen LogP contribution is -2.32. The van der Waals surface area contributed by atoms with E-state index < -0.39 is 0 Å². The molecule has 4 rings (SSSR count). The predicted octanol–water partition coefficient (Wildman–Crippen LogP) is 2.96. The van der Waals surface area contributed by atoms with E-state index in [1.165, 1.54) is 12.1 Å². The fourth-order valence-electron chi connectivity index (χ4n) is 4.53. The molecule has 0 N–H and O–H groups in total. The van der Waals surface area contributed by atoms with Gasteiger partial charge in [0, 0.05) is 29.6 Å². The summed E-state index contributed by atoms with van der Waals surface area (Å²) < 4.78 is 3.93. The van der Waals surface area contributed by atoms with Gasteiger partial charge in [-0.05, 0) is 30.9 Å². The molecule has 2 bridgehead atoms. The van der Waals surface area contributed by atoms with Crippen molar-refractivity contribution in [2.45, 2.75) is 38.0 Å². The maximum atomic E-state index is 13.0. The van der Waals surface area contributed by atoms with Crippen molar-refractivity contribution in [1.82, 2.24) is 9.36 Å². The third kappa shape index (κ3) is 1.23. The highest BCUT2D eigenvalue weighted by molar-refractivity contribution is 5.44. The van der Waals surface area contributed by atoms with Gasteiger partial charge in [-0.25, -0.2) is 4.68 Å². The number of fused-ring (bicyclic) bond motifs is 5. The third-order valence-electron chi connectivity index (χ3n) is 5.67. The Labute approximate surface area is 118 Å². The molecular weight excluding hydrogens is 248 g/mol. The predicted molar refractivity (Wildman–Crippen MR) is 79.5 cm³/mol. The summed E-state index contributed by atoms with van der Waals surface area (Å²) in [6.07, 6.45) is 2.37.